The minimum Gasteiger partial charge on any atom is -0.506 e. The summed E-state index contributed by atoms with van der Waals surface area (Å²) >= 11 is 1.99. The summed E-state index contributed by atoms with van der Waals surface area (Å²) in [5.41, 5.74) is 1.71. The van der Waals surface area contributed by atoms with E-state index < -0.39 is 0 Å². The first-order valence-electron chi connectivity index (χ1n) is 7.07. The summed E-state index contributed by atoms with van der Waals surface area (Å²) in [4.78, 5) is 4.38. The molecule has 1 aliphatic rings. The molecule has 4 heteroatoms. The van der Waals surface area contributed by atoms with Gasteiger partial charge in [-0.3, -0.25) is 4.98 Å². The number of nitrogens with one attached hydrogen (secondary N) is 1. The van der Waals surface area contributed by atoms with Crippen LogP contribution in [-0.4, -0.2) is 27.6 Å². The van der Waals surface area contributed by atoms with Crippen LogP contribution in [0.2, 0.25) is 0 Å². The molecule has 0 unspecified atom stereocenters. The first kappa shape index (κ1) is 14.7. The topological polar surface area (TPSA) is 45.2 Å². The first-order chi connectivity index (χ1) is 9.15. The van der Waals surface area contributed by atoms with Gasteiger partial charge in [-0.2, -0.15) is 11.8 Å². The Morgan fingerprint density at radius 1 is 1.32 bits per heavy atom. The third-order valence-electron chi connectivity index (χ3n) is 4.03. The fourth-order valence-electron chi connectivity index (χ4n) is 2.79. The number of hydrogen-bond donors (Lipinski definition) is 2. The molecule has 2 rings (SSSR count). The van der Waals surface area contributed by atoms with Crippen LogP contribution >= 0.6 is 11.8 Å². The van der Waals surface area contributed by atoms with Gasteiger partial charge in [0.1, 0.15) is 5.75 Å². The maximum atomic E-state index is 9.79. The van der Waals surface area contributed by atoms with Crippen molar-refractivity contribution in [3.8, 4) is 5.75 Å². The van der Waals surface area contributed by atoms with Crippen molar-refractivity contribution in [3.05, 3.63) is 23.5 Å². The Morgan fingerprint density at radius 3 is 2.74 bits per heavy atom. The van der Waals surface area contributed by atoms with Gasteiger partial charge in [-0.25, -0.2) is 0 Å². The molecule has 0 aliphatic heterocycles. The van der Waals surface area contributed by atoms with Crippen molar-refractivity contribution in [1.29, 1.82) is 0 Å². The number of rotatable bonds is 5. The van der Waals surface area contributed by atoms with Gasteiger partial charge in [0.2, 0.25) is 0 Å². The number of pyridine rings is 1. The second kappa shape index (κ2) is 6.62. The van der Waals surface area contributed by atoms with E-state index in [1.54, 1.807) is 6.07 Å². The van der Waals surface area contributed by atoms with Crippen molar-refractivity contribution in [2.24, 2.45) is 0 Å². The number of aryl methyl sites for hydroxylation is 1. The minimum absolute atomic E-state index is 0.292. The molecule has 1 fully saturated rings. The molecule has 0 bridgehead atoms. The molecular weight excluding hydrogens is 256 g/mol. The summed E-state index contributed by atoms with van der Waals surface area (Å²) in [5, 5.41) is 13.3. The van der Waals surface area contributed by atoms with Crippen molar-refractivity contribution in [3.63, 3.8) is 0 Å². The molecule has 0 spiro atoms. The molecule has 1 aromatic heterocycles. The van der Waals surface area contributed by atoms with Crippen molar-refractivity contribution < 1.29 is 5.11 Å². The van der Waals surface area contributed by atoms with Crippen LogP contribution in [-0.2, 0) is 6.54 Å². The lowest BCUT2D eigenvalue weighted by atomic mass is 9.88. The van der Waals surface area contributed by atoms with Crippen LogP contribution in [0.25, 0.3) is 0 Å². The van der Waals surface area contributed by atoms with E-state index in [0.29, 0.717) is 17.0 Å². The number of aromatic nitrogens is 1. The summed E-state index contributed by atoms with van der Waals surface area (Å²) in [6.45, 7) is 3.60. The number of thioether (sulfide) groups is 1. The zero-order valence-electron chi connectivity index (χ0n) is 11.9. The van der Waals surface area contributed by atoms with Gasteiger partial charge in [-0.05, 0) is 38.2 Å². The maximum absolute atomic E-state index is 9.79. The molecule has 1 saturated carbocycles. The largest absolute Gasteiger partial charge is 0.506 e. The van der Waals surface area contributed by atoms with E-state index in [1.807, 2.05) is 24.8 Å². The molecule has 1 aliphatic carbocycles. The lowest BCUT2D eigenvalue weighted by Gasteiger charge is -2.36. The first-order valence-corrected chi connectivity index (χ1v) is 8.29. The van der Waals surface area contributed by atoms with Gasteiger partial charge in [-0.15, -0.1) is 0 Å². The molecule has 0 atom stereocenters. The highest BCUT2D eigenvalue weighted by Crippen LogP contribution is 2.38. The van der Waals surface area contributed by atoms with Crippen LogP contribution < -0.4 is 5.32 Å². The van der Waals surface area contributed by atoms with Crippen LogP contribution in [0.5, 0.6) is 5.75 Å². The zero-order chi connectivity index (χ0) is 13.7. The van der Waals surface area contributed by atoms with Crippen molar-refractivity contribution in [2.75, 3.05) is 12.8 Å². The third-order valence-corrected chi connectivity index (χ3v) is 5.45. The predicted octanol–water partition coefficient (Wildman–Crippen LogP) is 3.25. The second-order valence-electron chi connectivity index (χ2n) is 5.47. The third kappa shape index (κ3) is 3.86. The second-order valence-corrected chi connectivity index (χ2v) is 6.74. The summed E-state index contributed by atoms with van der Waals surface area (Å²) in [6.07, 6.45) is 8.88. The highest BCUT2D eigenvalue weighted by molar-refractivity contribution is 8.00. The Hall–Kier alpha value is -0.740. The molecular formula is C15H24N2OS. The normalized spacial score (nSPS) is 18.4. The van der Waals surface area contributed by atoms with Gasteiger partial charge in [0.25, 0.3) is 0 Å². The average molecular weight is 280 g/mol. The number of hydrogen-bond acceptors (Lipinski definition) is 4. The van der Waals surface area contributed by atoms with Gasteiger partial charge >= 0.3 is 0 Å². The van der Waals surface area contributed by atoms with E-state index in [0.717, 1.165) is 17.9 Å². The van der Waals surface area contributed by atoms with Gasteiger partial charge < -0.3 is 10.4 Å². The van der Waals surface area contributed by atoms with Crippen molar-refractivity contribution in [2.45, 2.75) is 50.3 Å². The maximum Gasteiger partial charge on any atom is 0.138 e. The Morgan fingerprint density at radius 2 is 2.05 bits per heavy atom. The van der Waals surface area contributed by atoms with Gasteiger partial charge in [0, 0.05) is 23.5 Å². The molecule has 0 saturated heterocycles. The van der Waals surface area contributed by atoms with Gasteiger partial charge in [-0.1, -0.05) is 19.3 Å². The minimum atomic E-state index is 0.292. The molecule has 0 radical (unpaired) electrons. The summed E-state index contributed by atoms with van der Waals surface area (Å²) in [6, 6.07) is 3.56. The average Bonchev–Trinajstić information content (AvgIpc) is 2.44. The van der Waals surface area contributed by atoms with Crippen LogP contribution in [0.15, 0.2) is 12.1 Å². The van der Waals surface area contributed by atoms with Crippen LogP contribution in [0, 0.1) is 6.92 Å². The Bertz CT molecular complexity index is 417. The number of nitrogens with zero attached hydrogens (tertiary/aromatic N) is 1. The Labute approximate surface area is 120 Å². The van der Waals surface area contributed by atoms with Crippen LogP contribution in [0.1, 0.15) is 43.5 Å². The van der Waals surface area contributed by atoms with E-state index >= 15 is 0 Å². The van der Waals surface area contributed by atoms with Crippen molar-refractivity contribution >= 4 is 11.8 Å². The lowest BCUT2D eigenvalue weighted by molar-refractivity contribution is 0.376. The van der Waals surface area contributed by atoms with Gasteiger partial charge in [0.15, 0.2) is 0 Å². The molecule has 3 nitrogen and oxygen atoms in total. The highest BCUT2D eigenvalue weighted by atomic mass is 32.2. The Balaban J connectivity index is 1.90. The summed E-state index contributed by atoms with van der Waals surface area (Å²) in [7, 11) is 0. The monoisotopic (exact) mass is 280 g/mol. The highest BCUT2D eigenvalue weighted by Gasteiger charge is 2.30. The van der Waals surface area contributed by atoms with E-state index in [1.165, 1.54) is 32.1 Å². The Kier molecular flexibility index (Phi) is 5.11. The quantitative estimate of drug-likeness (QED) is 0.869. The molecule has 106 valence electrons. The van der Waals surface area contributed by atoms with Crippen molar-refractivity contribution in [1.82, 2.24) is 10.3 Å². The molecule has 0 aromatic carbocycles. The van der Waals surface area contributed by atoms with E-state index in [4.69, 9.17) is 0 Å². The van der Waals surface area contributed by atoms with Gasteiger partial charge in [0.05, 0.1) is 5.69 Å². The van der Waals surface area contributed by atoms with E-state index in [-0.39, 0.29) is 0 Å². The summed E-state index contributed by atoms with van der Waals surface area (Å²) < 4.78 is 0.387. The lowest BCUT2D eigenvalue weighted by Crippen LogP contribution is -2.39. The number of aromatic hydroxyl groups is 1. The summed E-state index contributed by atoms with van der Waals surface area (Å²) in [5.74, 6) is 0.292. The molecule has 1 heterocycles. The van der Waals surface area contributed by atoms with E-state index in [2.05, 4.69) is 16.6 Å². The molecule has 1 aromatic rings. The fraction of sp³-hybridized carbons (Fsp3) is 0.667. The smallest absolute Gasteiger partial charge is 0.138 e. The van der Waals surface area contributed by atoms with Crippen LogP contribution in [0.4, 0.5) is 0 Å². The zero-order valence-corrected chi connectivity index (χ0v) is 12.7. The molecule has 2 N–H and O–H groups in total. The SMILES string of the molecule is CSC1(CNCc2nc(C)ccc2O)CCCCC1. The standard InChI is InChI=1S/C15H24N2OS/c1-12-6-7-14(18)13(17-12)10-16-11-15(19-2)8-4-3-5-9-15/h6-7,16,18H,3-5,8-11H2,1-2H3. The van der Waals surface area contributed by atoms with E-state index in [9.17, 15) is 5.11 Å². The predicted molar refractivity (Wildman–Crippen MR) is 81.7 cm³/mol. The molecule has 0 amide bonds. The van der Waals surface area contributed by atoms with Crippen LogP contribution in [0.3, 0.4) is 0 Å². The molecule has 19 heavy (non-hydrogen) atoms. The fourth-order valence-corrected chi connectivity index (χ4v) is 3.73.